The lowest BCUT2D eigenvalue weighted by atomic mass is 9.97. The fourth-order valence-corrected chi connectivity index (χ4v) is 3.89. The summed E-state index contributed by atoms with van der Waals surface area (Å²) < 4.78 is 11.7. The summed E-state index contributed by atoms with van der Waals surface area (Å²) in [7, 11) is 1.71. The Bertz CT molecular complexity index is 699. The highest BCUT2D eigenvalue weighted by molar-refractivity contribution is 5.44. The van der Waals surface area contributed by atoms with Crippen molar-refractivity contribution in [3.05, 3.63) is 59.7 Å². The van der Waals surface area contributed by atoms with Gasteiger partial charge in [0.05, 0.1) is 7.11 Å². The largest absolute Gasteiger partial charge is 0.493 e. The summed E-state index contributed by atoms with van der Waals surface area (Å²) in [5, 5.41) is 3.47. The van der Waals surface area contributed by atoms with Gasteiger partial charge in [0.2, 0.25) is 0 Å². The molecule has 1 aliphatic heterocycles. The average molecular weight is 383 g/mol. The maximum atomic E-state index is 6.16. The molecule has 1 atom stereocenters. The van der Waals surface area contributed by atoms with E-state index in [1.807, 2.05) is 18.2 Å². The lowest BCUT2D eigenvalue weighted by Gasteiger charge is -2.35. The van der Waals surface area contributed by atoms with E-state index in [-0.39, 0.29) is 0 Å². The van der Waals surface area contributed by atoms with Gasteiger partial charge in [-0.2, -0.15) is 0 Å². The summed E-state index contributed by atoms with van der Waals surface area (Å²) in [5.74, 6) is 1.63. The van der Waals surface area contributed by atoms with Crippen LogP contribution in [-0.2, 0) is 6.61 Å². The smallest absolute Gasteiger partial charge is 0.161 e. The highest BCUT2D eigenvalue weighted by Crippen LogP contribution is 2.35. The molecule has 0 spiro atoms. The van der Waals surface area contributed by atoms with Crippen LogP contribution in [0, 0.1) is 0 Å². The molecule has 0 saturated carbocycles. The monoisotopic (exact) mass is 382 g/mol. The normalized spacial score (nSPS) is 15.9. The third-order valence-corrected chi connectivity index (χ3v) is 5.48. The number of nitrogens with zero attached hydrogens (tertiary/aromatic N) is 1. The van der Waals surface area contributed by atoms with Gasteiger partial charge >= 0.3 is 0 Å². The lowest BCUT2D eigenvalue weighted by Crippen LogP contribution is -2.45. The highest BCUT2D eigenvalue weighted by atomic mass is 16.5. The first-order valence-corrected chi connectivity index (χ1v) is 10.6. The Labute approximate surface area is 169 Å². The van der Waals surface area contributed by atoms with Crippen LogP contribution in [0.3, 0.4) is 0 Å². The van der Waals surface area contributed by atoms with Crippen LogP contribution < -0.4 is 14.8 Å². The second kappa shape index (κ2) is 11.1. The van der Waals surface area contributed by atoms with Crippen molar-refractivity contribution >= 4 is 0 Å². The zero-order valence-electron chi connectivity index (χ0n) is 17.3. The third kappa shape index (κ3) is 5.73. The van der Waals surface area contributed by atoms with Gasteiger partial charge < -0.3 is 14.8 Å². The highest BCUT2D eigenvalue weighted by Gasteiger charge is 2.23. The zero-order chi connectivity index (χ0) is 19.6. The van der Waals surface area contributed by atoms with Gasteiger partial charge in [-0.05, 0) is 29.7 Å². The SMILES string of the molecule is CCCCC[C@@H](c1ccc(OC)c(OCc2ccccc2)c1)N1CCNCC1. The van der Waals surface area contributed by atoms with E-state index in [2.05, 4.69) is 47.5 Å². The second-order valence-corrected chi connectivity index (χ2v) is 7.48. The first-order valence-electron chi connectivity index (χ1n) is 10.6. The molecule has 1 heterocycles. The quantitative estimate of drug-likeness (QED) is 0.599. The van der Waals surface area contributed by atoms with Crippen LogP contribution in [-0.4, -0.2) is 38.2 Å². The van der Waals surface area contributed by atoms with Crippen LogP contribution in [0.25, 0.3) is 0 Å². The lowest BCUT2D eigenvalue weighted by molar-refractivity contribution is 0.162. The predicted octanol–water partition coefficient (Wildman–Crippen LogP) is 4.80. The van der Waals surface area contributed by atoms with Crippen LogP contribution in [0.1, 0.15) is 49.8 Å². The maximum Gasteiger partial charge on any atom is 0.161 e. The number of nitrogens with one attached hydrogen (secondary N) is 1. The minimum atomic E-state index is 0.443. The summed E-state index contributed by atoms with van der Waals surface area (Å²) in [6.07, 6.45) is 4.99. The van der Waals surface area contributed by atoms with E-state index in [9.17, 15) is 0 Å². The fraction of sp³-hybridized carbons (Fsp3) is 0.500. The summed E-state index contributed by atoms with van der Waals surface area (Å²) in [5.41, 5.74) is 2.50. The first-order chi connectivity index (χ1) is 13.8. The molecule has 4 nitrogen and oxygen atoms in total. The van der Waals surface area contributed by atoms with Crippen molar-refractivity contribution in [2.24, 2.45) is 0 Å². The van der Waals surface area contributed by atoms with Crippen LogP contribution in [0.15, 0.2) is 48.5 Å². The van der Waals surface area contributed by atoms with Crippen LogP contribution in [0.4, 0.5) is 0 Å². The molecule has 1 aliphatic rings. The molecule has 4 heteroatoms. The van der Waals surface area contributed by atoms with Crippen LogP contribution >= 0.6 is 0 Å². The molecule has 0 aliphatic carbocycles. The van der Waals surface area contributed by atoms with Crippen molar-refractivity contribution in [3.8, 4) is 11.5 Å². The Morgan fingerprint density at radius 3 is 2.50 bits per heavy atom. The molecule has 0 aromatic heterocycles. The third-order valence-electron chi connectivity index (χ3n) is 5.48. The fourth-order valence-electron chi connectivity index (χ4n) is 3.89. The van der Waals surface area contributed by atoms with E-state index in [0.717, 1.165) is 43.2 Å². The summed E-state index contributed by atoms with van der Waals surface area (Å²) in [6, 6.07) is 17.2. The minimum absolute atomic E-state index is 0.443. The molecule has 0 unspecified atom stereocenters. The van der Waals surface area contributed by atoms with Gasteiger partial charge in [-0.3, -0.25) is 4.90 Å². The number of benzene rings is 2. The number of piperazine rings is 1. The van der Waals surface area contributed by atoms with Gasteiger partial charge in [0.25, 0.3) is 0 Å². The summed E-state index contributed by atoms with van der Waals surface area (Å²) in [4.78, 5) is 2.62. The molecular weight excluding hydrogens is 348 g/mol. The van der Waals surface area contributed by atoms with Crippen molar-refractivity contribution in [3.63, 3.8) is 0 Å². The average Bonchev–Trinajstić information content (AvgIpc) is 2.76. The number of hydrogen-bond donors (Lipinski definition) is 1. The van der Waals surface area contributed by atoms with Crippen molar-refractivity contribution < 1.29 is 9.47 Å². The molecule has 2 aromatic rings. The van der Waals surface area contributed by atoms with Crippen molar-refractivity contribution in [2.75, 3.05) is 33.3 Å². The molecular formula is C24H34N2O2. The minimum Gasteiger partial charge on any atom is -0.493 e. The molecule has 3 rings (SSSR count). The predicted molar refractivity (Wildman–Crippen MR) is 115 cm³/mol. The summed E-state index contributed by atoms with van der Waals surface area (Å²) in [6.45, 7) is 7.15. The van der Waals surface area contributed by atoms with Gasteiger partial charge in [-0.15, -0.1) is 0 Å². The van der Waals surface area contributed by atoms with Gasteiger partial charge in [0.1, 0.15) is 6.61 Å². The second-order valence-electron chi connectivity index (χ2n) is 7.48. The number of hydrogen-bond acceptors (Lipinski definition) is 4. The number of methoxy groups -OCH3 is 1. The van der Waals surface area contributed by atoms with Gasteiger partial charge in [-0.25, -0.2) is 0 Å². The van der Waals surface area contributed by atoms with E-state index in [4.69, 9.17) is 9.47 Å². The topological polar surface area (TPSA) is 33.7 Å². The van der Waals surface area contributed by atoms with Crippen LogP contribution in [0.5, 0.6) is 11.5 Å². The molecule has 0 radical (unpaired) electrons. The number of unbranched alkanes of at least 4 members (excludes halogenated alkanes) is 2. The molecule has 1 fully saturated rings. The van der Waals surface area contributed by atoms with Crippen molar-refractivity contribution in [2.45, 2.75) is 45.3 Å². The van der Waals surface area contributed by atoms with Crippen molar-refractivity contribution in [1.29, 1.82) is 0 Å². The van der Waals surface area contributed by atoms with E-state index < -0.39 is 0 Å². The Balaban J connectivity index is 1.78. The Hall–Kier alpha value is -2.04. The van der Waals surface area contributed by atoms with E-state index >= 15 is 0 Å². The molecule has 28 heavy (non-hydrogen) atoms. The van der Waals surface area contributed by atoms with Crippen molar-refractivity contribution in [1.82, 2.24) is 10.2 Å². The number of rotatable bonds is 10. The molecule has 0 amide bonds. The Kier molecular flexibility index (Phi) is 8.19. The Morgan fingerprint density at radius 1 is 1.00 bits per heavy atom. The Morgan fingerprint density at radius 2 is 1.79 bits per heavy atom. The first kappa shape index (κ1) is 20.7. The van der Waals surface area contributed by atoms with Gasteiger partial charge in [0, 0.05) is 32.2 Å². The maximum absolute atomic E-state index is 6.16. The molecule has 1 saturated heterocycles. The van der Waals surface area contributed by atoms with Gasteiger partial charge in [0.15, 0.2) is 11.5 Å². The molecule has 0 bridgehead atoms. The van der Waals surface area contributed by atoms with E-state index in [1.54, 1.807) is 7.11 Å². The standard InChI is InChI=1S/C24H34N2O2/c1-3-4-6-11-22(26-16-14-25-15-17-26)21-12-13-23(27-2)24(18-21)28-19-20-9-7-5-8-10-20/h5,7-10,12-13,18,22,25H,3-4,6,11,14-17,19H2,1-2H3/t22-/m0/s1. The van der Waals surface area contributed by atoms with E-state index in [0.29, 0.717) is 12.6 Å². The summed E-state index contributed by atoms with van der Waals surface area (Å²) >= 11 is 0. The molecule has 1 N–H and O–H groups in total. The number of ether oxygens (including phenoxy) is 2. The zero-order valence-corrected chi connectivity index (χ0v) is 17.3. The van der Waals surface area contributed by atoms with Gasteiger partial charge in [-0.1, -0.05) is 62.6 Å². The molecule has 2 aromatic carbocycles. The molecule has 152 valence electrons. The van der Waals surface area contributed by atoms with E-state index in [1.165, 1.54) is 31.2 Å². The van der Waals surface area contributed by atoms with Crippen LogP contribution in [0.2, 0.25) is 0 Å².